The Bertz CT molecular complexity index is 427. The zero-order valence-corrected chi connectivity index (χ0v) is 12.9. The molecule has 1 aliphatic rings. The lowest BCUT2D eigenvalue weighted by atomic mass is 9.92. The number of nitrogens with one attached hydrogen (secondary N) is 1. The van der Waals surface area contributed by atoms with Crippen LogP contribution in [0.4, 0.5) is 4.39 Å². The molecule has 2 rings (SSSR count). The molecule has 3 nitrogen and oxygen atoms in total. The third-order valence-corrected chi connectivity index (χ3v) is 4.29. The maximum absolute atomic E-state index is 12.9. The minimum atomic E-state index is -0.988. The fourth-order valence-electron chi connectivity index (χ4n) is 2.85. The van der Waals surface area contributed by atoms with Gasteiger partial charge in [0, 0.05) is 25.8 Å². The zero-order valence-electron chi connectivity index (χ0n) is 12.9. The van der Waals surface area contributed by atoms with E-state index in [1.165, 1.54) is 12.1 Å². The number of ether oxygens (including phenoxy) is 1. The quantitative estimate of drug-likeness (QED) is 0.848. The van der Waals surface area contributed by atoms with Crippen molar-refractivity contribution in [3.63, 3.8) is 0 Å². The molecule has 2 unspecified atom stereocenters. The van der Waals surface area contributed by atoms with Crippen LogP contribution in [0, 0.1) is 11.7 Å². The molecule has 1 aromatic rings. The predicted octanol–water partition coefficient (Wildman–Crippen LogP) is 2.83. The number of hydrogen-bond acceptors (Lipinski definition) is 3. The first-order valence-corrected chi connectivity index (χ1v) is 7.77. The Morgan fingerprint density at radius 1 is 1.33 bits per heavy atom. The van der Waals surface area contributed by atoms with Crippen LogP contribution in [-0.4, -0.2) is 30.9 Å². The van der Waals surface area contributed by atoms with Crippen molar-refractivity contribution in [2.24, 2.45) is 5.92 Å². The number of benzene rings is 1. The van der Waals surface area contributed by atoms with Crippen molar-refractivity contribution in [3.05, 3.63) is 35.6 Å². The summed E-state index contributed by atoms with van der Waals surface area (Å²) < 4.78 is 18.3. The lowest BCUT2D eigenvalue weighted by Gasteiger charge is -2.29. The summed E-state index contributed by atoms with van der Waals surface area (Å²) in [7, 11) is 0. The molecule has 1 saturated heterocycles. The summed E-state index contributed by atoms with van der Waals surface area (Å²) in [5.41, 5.74) is -0.257. The van der Waals surface area contributed by atoms with Crippen molar-refractivity contribution in [1.82, 2.24) is 5.32 Å². The van der Waals surface area contributed by atoms with Gasteiger partial charge in [0.2, 0.25) is 0 Å². The Morgan fingerprint density at radius 2 is 1.95 bits per heavy atom. The van der Waals surface area contributed by atoms with E-state index in [0.29, 0.717) is 18.5 Å². The van der Waals surface area contributed by atoms with Gasteiger partial charge in [-0.2, -0.15) is 0 Å². The summed E-state index contributed by atoms with van der Waals surface area (Å²) in [6, 6.07) is 6.39. The van der Waals surface area contributed by atoms with Gasteiger partial charge in [0.1, 0.15) is 5.82 Å². The van der Waals surface area contributed by atoms with E-state index in [4.69, 9.17) is 4.74 Å². The zero-order chi connectivity index (χ0) is 15.3. The Hall–Kier alpha value is -0.970. The topological polar surface area (TPSA) is 41.5 Å². The first kappa shape index (κ1) is 16.4. The molecular weight excluding hydrogens is 269 g/mol. The summed E-state index contributed by atoms with van der Waals surface area (Å²) >= 11 is 0. The highest BCUT2D eigenvalue weighted by atomic mass is 19.1. The predicted molar refractivity (Wildman–Crippen MR) is 81.6 cm³/mol. The van der Waals surface area contributed by atoms with Crippen molar-refractivity contribution in [2.45, 2.75) is 44.8 Å². The van der Waals surface area contributed by atoms with Crippen molar-refractivity contribution < 1.29 is 14.2 Å². The summed E-state index contributed by atoms with van der Waals surface area (Å²) in [5.74, 6) is 0.424. The number of rotatable bonds is 6. The van der Waals surface area contributed by atoms with E-state index in [9.17, 15) is 9.50 Å². The van der Waals surface area contributed by atoms with Crippen molar-refractivity contribution in [1.29, 1.82) is 0 Å². The summed E-state index contributed by atoms with van der Waals surface area (Å²) in [4.78, 5) is 0. The van der Waals surface area contributed by atoms with Gasteiger partial charge in [-0.25, -0.2) is 4.39 Å². The second-order valence-corrected chi connectivity index (χ2v) is 6.35. The maximum Gasteiger partial charge on any atom is 0.123 e. The minimum absolute atomic E-state index is 0.282. The molecule has 0 aliphatic carbocycles. The second-order valence-electron chi connectivity index (χ2n) is 6.35. The molecule has 0 spiro atoms. The van der Waals surface area contributed by atoms with Gasteiger partial charge in [-0.3, -0.25) is 0 Å². The van der Waals surface area contributed by atoms with Gasteiger partial charge in [0.05, 0.1) is 5.60 Å². The molecule has 0 amide bonds. The molecule has 0 aromatic heterocycles. The van der Waals surface area contributed by atoms with Crippen LogP contribution in [0.3, 0.4) is 0 Å². The molecule has 1 fully saturated rings. The molecule has 21 heavy (non-hydrogen) atoms. The minimum Gasteiger partial charge on any atom is -0.384 e. The average molecular weight is 295 g/mol. The standard InChI is InChI=1S/C17H26FNO2/c1-13(11-14-7-9-21-10-8-14)19-12-17(2,20)15-3-5-16(18)6-4-15/h3-6,13-14,19-20H,7-12H2,1-2H3. The molecule has 2 atom stereocenters. The molecule has 4 heteroatoms. The van der Waals surface area contributed by atoms with Gasteiger partial charge in [-0.05, 0) is 56.7 Å². The lowest BCUT2D eigenvalue weighted by molar-refractivity contribution is 0.0465. The highest BCUT2D eigenvalue weighted by molar-refractivity contribution is 5.22. The number of aliphatic hydroxyl groups is 1. The third kappa shape index (κ3) is 5.06. The van der Waals surface area contributed by atoms with E-state index in [1.54, 1.807) is 19.1 Å². The van der Waals surface area contributed by atoms with E-state index in [0.717, 1.165) is 38.0 Å². The Labute approximate surface area is 126 Å². The molecule has 1 aromatic carbocycles. The normalized spacial score (nSPS) is 21.0. The van der Waals surface area contributed by atoms with Crippen molar-refractivity contribution in [2.75, 3.05) is 19.8 Å². The third-order valence-electron chi connectivity index (χ3n) is 4.29. The van der Waals surface area contributed by atoms with Crippen LogP contribution in [0.2, 0.25) is 0 Å². The molecule has 1 aliphatic heterocycles. The monoisotopic (exact) mass is 295 g/mol. The second kappa shape index (κ2) is 7.34. The van der Waals surface area contributed by atoms with Gasteiger partial charge in [0.25, 0.3) is 0 Å². The molecule has 0 saturated carbocycles. The summed E-state index contributed by atoms with van der Waals surface area (Å²) in [6.07, 6.45) is 3.35. The van der Waals surface area contributed by atoms with Crippen molar-refractivity contribution in [3.8, 4) is 0 Å². The van der Waals surface area contributed by atoms with Crippen LogP contribution in [-0.2, 0) is 10.3 Å². The van der Waals surface area contributed by atoms with Gasteiger partial charge in [-0.1, -0.05) is 12.1 Å². The van der Waals surface area contributed by atoms with Crippen molar-refractivity contribution >= 4 is 0 Å². The summed E-state index contributed by atoms with van der Waals surface area (Å²) in [5, 5.41) is 13.9. The van der Waals surface area contributed by atoms with Gasteiger partial charge >= 0.3 is 0 Å². The summed E-state index contributed by atoms with van der Waals surface area (Å²) in [6.45, 7) is 6.10. The molecule has 0 radical (unpaired) electrons. The van der Waals surface area contributed by atoms with Crippen LogP contribution < -0.4 is 5.32 Å². The smallest absolute Gasteiger partial charge is 0.123 e. The molecule has 118 valence electrons. The molecule has 2 N–H and O–H groups in total. The van der Waals surface area contributed by atoms with Crippen LogP contribution in [0.15, 0.2) is 24.3 Å². The van der Waals surface area contributed by atoms with Gasteiger partial charge in [-0.15, -0.1) is 0 Å². The lowest BCUT2D eigenvalue weighted by Crippen LogP contribution is -2.40. The first-order valence-electron chi connectivity index (χ1n) is 7.77. The largest absolute Gasteiger partial charge is 0.384 e. The van der Waals surface area contributed by atoms with E-state index in [-0.39, 0.29) is 5.82 Å². The Morgan fingerprint density at radius 3 is 2.57 bits per heavy atom. The first-order chi connectivity index (χ1) is 9.97. The fourth-order valence-corrected chi connectivity index (χ4v) is 2.85. The number of hydrogen-bond donors (Lipinski definition) is 2. The van der Waals surface area contributed by atoms with Gasteiger partial charge in [0.15, 0.2) is 0 Å². The Balaban J connectivity index is 1.81. The van der Waals surface area contributed by atoms with E-state index < -0.39 is 5.60 Å². The van der Waals surface area contributed by atoms with Crippen LogP contribution in [0.5, 0.6) is 0 Å². The average Bonchev–Trinajstić information content (AvgIpc) is 2.47. The van der Waals surface area contributed by atoms with E-state index >= 15 is 0 Å². The SMILES string of the molecule is CC(CC1CCOCC1)NCC(C)(O)c1ccc(F)cc1. The highest BCUT2D eigenvalue weighted by Crippen LogP contribution is 2.22. The molecule has 1 heterocycles. The fraction of sp³-hybridized carbons (Fsp3) is 0.647. The van der Waals surface area contributed by atoms with Crippen LogP contribution in [0.1, 0.15) is 38.7 Å². The van der Waals surface area contributed by atoms with Gasteiger partial charge < -0.3 is 15.2 Å². The van der Waals surface area contributed by atoms with E-state index in [1.807, 2.05) is 0 Å². The molecule has 0 bridgehead atoms. The highest BCUT2D eigenvalue weighted by Gasteiger charge is 2.24. The Kier molecular flexibility index (Phi) is 5.73. The number of halogens is 1. The van der Waals surface area contributed by atoms with E-state index in [2.05, 4.69) is 12.2 Å². The molecular formula is C17H26FNO2. The van der Waals surface area contributed by atoms with Crippen LogP contribution >= 0.6 is 0 Å². The maximum atomic E-state index is 12.9. The van der Waals surface area contributed by atoms with Crippen LogP contribution in [0.25, 0.3) is 0 Å².